The Balaban J connectivity index is 2.92. The van der Waals surface area contributed by atoms with Gasteiger partial charge in [0.05, 0.1) is 0 Å². The summed E-state index contributed by atoms with van der Waals surface area (Å²) >= 11 is 0. The molecule has 114 valence electrons. The number of hydrogen-bond acceptors (Lipinski definition) is 2. The third-order valence-electron chi connectivity index (χ3n) is 4.06. The van der Waals surface area contributed by atoms with Crippen molar-refractivity contribution in [2.75, 3.05) is 19.6 Å². The van der Waals surface area contributed by atoms with E-state index < -0.39 is 0 Å². The standard InChI is InChI=1S/C18H32N2/c1-4-7-13-20(14-8-5-2)18(15-19)17-12-10-9-11-16(17)6-3/h9-12,18H,4-8,13-15,19H2,1-3H3. The molecule has 1 unspecified atom stereocenters. The van der Waals surface area contributed by atoms with Gasteiger partial charge in [-0.3, -0.25) is 4.90 Å². The molecule has 0 heterocycles. The van der Waals surface area contributed by atoms with E-state index in [-0.39, 0.29) is 0 Å². The number of unbranched alkanes of at least 4 members (excludes halogenated alkanes) is 2. The van der Waals surface area contributed by atoms with Gasteiger partial charge in [0, 0.05) is 12.6 Å². The summed E-state index contributed by atoms with van der Waals surface area (Å²) in [6.45, 7) is 9.79. The van der Waals surface area contributed by atoms with Gasteiger partial charge in [0.15, 0.2) is 0 Å². The van der Waals surface area contributed by atoms with Crippen molar-refractivity contribution in [1.29, 1.82) is 0 Å². The minimum absolute atomic E-state index is 0.379. The second kappa shape index (κ2) is 9.95. The Kier molecular flexibility index (Phi) is 8.56. The van der Waals surface area contributed by atoms with E-state index in [1.54, 1.807) is 0 Å². The first-order chi connectivity index (χ1) is 9.78. The fourth-order valence-electron chi connectivity index (χ4n) is 2.80. The lowest BCUT2D eigenvalue weighted by Crippen LogP contribution is -2.36. The van der Waals surface area contributed by atoms with Gasteiger partial charge in [-0.05, 0) is 43.5 Å². The van der Waals surface area contributed by atoms with Crippen LogP contribution in [0.15, 0.2) is 24.3 Å². The molecule has 2 heteroatoms. The number of nitrogens with two attached hydrogens (primary N) is 1. The van der Waals surface area contributed by atoms with Crippen LogP contribution in [0.2, 0.25) is 0 Å². The topological polar surface area (TPSA) is 29.3 Å². The lowest BCUT2D eigenvalue weighted by molar-refractivity contribution is 0.195. The van der Waals surface area contributed by atoms with Gasteiger partial charge in [-0.2, -0.15) is 0 Å². The molecule has 0 saturated heterocycles. The zero-order chi connectivity index (χ0) is 14.8. The van der Waals surface area contributed by atoms with Crippen LogP contribution < -0.4 is 5.73 Å². The van der Waals surface area contributed by atoms with Crippen LogP contribution in [0.5, 0.6) is 0 Å². The average Bonchev–Trinajstić information content (AvgIpc) is 2.50. The minimum Gasteiger partial charge on any atom is -0.329 e. The van der Waals surface area contributed by atoms with Crippen molar-refractivity contribution in [3.8, 4) is 0 Å². The van der Waals surface area contributed by atoms with Crippen molar-refractivity contribution in [3.63, 3.8) is 0 Å². The highest BCUT2D eigenvalue weighted by Gasteiger charge is 2.20. The van der Waals surface area contributed by atoms with E-state index in [0.29, 0.717) is 12.6 Å². The predicted molar refractivity (Wildman–Crippen MR) is 89.0 cm³/mol. The molecule has 0 radical (unpaired) electrons. The number of benzene rings is 1. The molecule has 0 aliphatic heterocycles. The van der Waals surface area contributed by atoms with Gasteiger partial charge >= 0.3 is 0 Å². The molecule has 1 atom stereocenters. The summed E-state index contributed by atoms with van der Waals surface area (Å²) in [5.74, 6) is 0. The van der Waals surface area contributed by atoms with E-state index in [1.165, 1.54) is 36.8 Å². The summed E-state index contributed by atoms with van der Waals surface area (Å²) in [7, 11) is 0. The van der Waals surface area contributed by atoms with Crippen molar-refractivity contribution in [1.82, 2.24) is 4.90 Å². The Bertz CT molecular complexity index is 354. The molecular weight excluding hydrogens is 244 g/mol. The Morgan fingerprint density at radius 1 is 1.00 bits per heavy atom. The van der Waals surface area contributed by atoms with E-state index in [1.807, 2.05) is 0 Å². The van der Waals surface area contributed by atoms with Crippen LogP contribution in [0, 0.1) is 0 Å². The molecule has 0 spiro atoms. The quantitative estimate of drug-likeness (QED) is 0.695. The summed E-state index contributed by atoms with van der Waals surface area (Å²) in [6.07, 6.45) is 6.09. The highest BCUT2D eigenvalue weighted by molar-refractivity contribution is 5.30. The van der Waals surface area contributed by atoms with Crippen molar-refractivity contribution >= 4 is 0 Å². The molecule has 1 aromatic rings. The van der Waals surface area contributed by atoms with Crippen LogP contribution in [0.1, 0.15) is 63.6 Å². The molecule has 0 aliphatic carbocycles. The molecule has 0 amide bonds. The molecule has 0 fully saturated rings. The summed E-state index contributed by atoms with van der Waals surface area (Å²) in [5, 5.41) is 0. The SMILES string of the molecule is CCCCN(CCCC)C(CN)c1ccccc1CC. The summed E-state index contributed by atoms with van der Waals surface area (Å²) in [4.78, 5) is 2.60. The molecule has 0 aliphatic rings. The minimum atomic E-state index is 0.379. The van der Waals surface area contributed by atoms with Gasteiger partial charge in [0.2, 0.25) is 0 Å². The first-order valence-corrected chi connectivity index (χ1v) is 8.30. The van der Waals surface area contributed by atoms with Crippen LogP contribution in [0.4, 0.5) is 0 Å². The van der Waals surface area contributed by atoms with E-state index in [4.69, 9.17) is 5.73 Å². The van der Waals surface area contributed by atoms with Gasteiger partial charge < -0.3 is 5.73 Å². The van der Waals surface area contributed by atoms with Crippen molar-refractivity contribution in [3.05, 3.63) is 35.4 Å². The van der Waals surface area contributed by atoms with E-state index in [0.717, 1.165) is 19.5 Å². The third kappa shape index (κ3) is 4.92. The fraction of sp³-hybridized carbons (Fsp3) is 0.667. The first-order valence-electron chi connectivity index (χ1n) is 8.30. The first kappa shape index (κ1) is 17.2. The lowest BCUT2D eigenvalue weighted by Gasteiger charge is -2.32. The zero-order valence-electron chi connectivity index (χ0n) is 13.6. The van der Waals surface area contributed by atoms with Crippen LogP contribution in [0.3, 0.4) is 0 Å². The van der Waals surface area contributed by atoms with Gasteiger partial charge in [-0.15, -0.1) is 0 Å². The highest BCUT2D eigenvalue weighted by atomic mass is 15.2. The Morgan fingerprint density at radius 2 is 1.60 bits per heavy atom. The number of rotatable bonds is 10. The molecule has 1 rings (SSSR count). The monoisotopic (exact) mass is 276 g/mol. The number of aryl methyl sites for hydroxylation is 1. The Hall–Kier alpha value is -0.860. The third-order valence-corrected chi connectivity index (χ3v) is 4.06. The normalized spacial score (nSPS) is 12.8. The summed E-state index contributed by atoms with van der Waals surface area (Å²) in [5.41, 5.74) is 9.01. The van der Waals surface area contributed by atoms with Gasteiger partial charge in [0.25, 0.3) is 0 Å². The van der Waals surface area contributed by atoms with Gasteiger partial charge in [-0.1, -0.05) is 57.9 Å². The second-order valence-electron chi connectivity index (χ2n) is 5.55. The van der Waals surface area contributed by atoms with Crippen molar-refractivity contribution in [2.45, 2.75) is 58.9 Å². The predicted octanol–water partition coefficient (Wildman–Crippen LogP) is 4.15. The van der Waals surface area contributed by atoms with Crippen molar-refractivity contribution < 1.29 is 0 Å². The molecule has 0 bridgehead atoms. The fourth-order valence-corrected chi connectivity index (χ4v) is 2.80. The van der Waals surface area contributed by atoms with E-state index >= 15 is 0 Å². The van der Waals surface area contributed by atoms with Crippen LogP contribution in [-0.2, 0) is 6.42 Å². The maximum atomic E-state index is 6.13. The van der Waals surface area contributed by atoms with Crippen LogP contribution >= 0.6 is 0 Å². The molecule has 1 aromatic carbocycles. The molecule has 0 saturated carbocycles. The van der Waals surface area contributed by atoms with E-state index in [2.05, 4.69) is 49.9 Å². The largest absolute Gasteiger partial charge is 0.329 e. The Labute approximate surface area is 125 Å². The maximum absolute atomic E-state index is 6.13. The van der Waals surface area contributed by atoms with Crippen LogP contribution in [-0.4, -0.2) is 24.5 Å². The maximum Gasteiger partial charge on any atom is 0.0473 e. The lowest BCUT2D eigenvalue weighted by atomic mass is 9.97. The Morgan fingerprint density at radius 3 is 2.10 bits per heavy atom. The van der Waals surface area contributed by atoms with Gasteiger partial charge in [-0.25, -0.2) is 0 Å². The molecule has 2 nitrogen and oxygen atoms in total. The second-order valence-corrected chi connectivity index (χ2v) is 5.55. The zero-order valence-corrected chi connectivity index (χ0v) is 13.6. The van der Waals surface area contributed by atoms with Crippen molar-refractivity contribution in [2.24, 2.45) is 5.73 Å². The molecule has 2 N–H and O–H groups in total. The van der Waals surface area contributed by atoms with Gasteiger partial charge in [0.1, 0.15) is 0 Å². The summed E-state index contributed by atoms with van der Waals surface area (Å²) < 4.78 is 0. The highest BCUT2D eigenvalue weighted by Crippen LogP contribution is 2.24. The molecule has 0 aromatic heterocycles. The number of hydrogen-bond donors (Lipinski definition) is 1. The van der Waals surface area contributed by atoms with Crippen LogP contribution in [0.25, 0.3) is 0 Å². The average molecular weight is 276 g/mol. The van der Waals surface area contributed by atoms with E-state index in [9.17, 15) is 0 Å². The molecular formula is C18H32N2. The summed E-state index contributed by atoms with van der Waals surface area (Å²) in [6, 6.07) is 9.17. The number of nitrogens with zero attached hydrogens (tertiary/aromatic N) is 1. The molecule has 20 heavy (non-hydrogen) atoms. The smallest absolute Gasteiger partial charge is 0.0473 e.